The molecule has 0 fully saturated rings. The predicted molar refractivity (Wildman–Crippen MR) is 88.1 cm³/mol. The summed E-state index contributed by atoms with van der Waals surface area (Å²) in [5.74, 6) is 5.75. The van der Waals surface area contributed by atoms with Gasteiger partial charge in [0.05, 0.1) is 22.4 Å². The van der Waals surface area contributed by atoms with Crippen LogP contribution in [0.2, 0.25) is 0 Å². The topological polar surface area (TPSA) is 55.9 Å². The maximum atomic E-state index is 5.75. The van der Waals surface area contributed by atoms with E-state index in [1.807, 2.05) is 23.0 Å². The summed E-state index contributed by atoms with van der Waals surface area (Å²) in [6, 6.07) is 8.31. The number of aromatic nitrogens is 2. The number of nitrogens with zero attached hydrogens (tertiary/aromatic N) is 2. The number of hydrazine groups is 1. The second kappa shape index (κ2) is 7.36. The highest BCUT2D eigenvalue weighted by molar-refractivity contribution is 9.10. The molecule has 2 aromatic rings. The minimum atomic E-state index is 0.0274. The van der Waals surface area contributed by atoms with Gasteiger partial charge >= 0.3 is 0 Å². The first-order chi connectivity index (χ1) is 9.65. The lowest BCUT2D eigenvalue weighted by molar-refractivity contribution is 0.476. The first kappa shape index (κ1) is 15.7. The normalized spacial score (nSPS) is 12.6. The second-order valence-electron chi connectivity index (χ2n) is 4.65. The van der Waals surface area contributed by atoms with E-state index in [1.54, 1.807) is 0 Å². The largest absolute Gasteiger partial charge is 0.271 e. The Hall–Kier alpha value is -0.690. The molecule has 1 aromatic carbocycles. The fourth-order valence-electron chi connectivity index (χ4n) is 2.20. The van der Waals surface area contributed by atoms with Crippen molar-refractivity contribution >= 4 is 31.9 Å². The van der Waals surface area contributed by atoms with E-state index in [0.29, 0.717) is 0 Å². The monoisotopic (exact) mass is 400 g/mol. The van der Waals surface area contributed by atoms with Gasteiger partial charge in [-0.3, -0.25) is 16.0 Å². The van der Waals surface area contributed by atoms with Gasteiger partial charge in [0.15, 0.2) is 0 Å². The van der Waals surface area contributed by atoms with Crippen LogP contribution in [0, 0.1) is 0 Å². The van der Waals surface area contributed by atoms with Crippen molar-refractivity contribution in [3.63, 3.8) is 0 Å². The third-order valence-electron chi connectivity index (χ3n) is 3.15. The van der Waals surface area contributed by atoms with E-state index >= 15 is 0 Å². The molecule has 1 heterocycles. The molecular weight excluding hydrogens is 384 g/mol. The molecule has 0 aliphatic rings. The van der Waals surface area contributed by atoms with Gasteiger partial charge in [-0.1, -0.05) is 35.0 Å². The minimum Gasteiger partial charge on any atom is -0.271 e. The van der Waals surface area contributed by atoms with Crippen LogP contribution in [0.5, 0.6) is 0 Å². The SMILES string of the molecule is CCCn1ncc(Br)c1C(Cc1ccc(Br)cc1)NN. The van der Waals surface area contributed by atoms with Crippen LogP contribution in [0.1, 0.15) is 30.6 Å². The molecule has 2 rings (SSSR count). The molecule has 4 nitrogen and oxygen atoms in total. The van der Waals surface area contributed by atoms with Gasteiger partial charge in [0, 0.05) is 11.0 Å². The van der Waals surface area contributed by atoms with Gasteiger partial charge < -0.3 is 0 Å². The molecular formula is C14H18Br2N4. The number of hydrogen-bond acceptors (Lipinski definition) is 3. The molecule has 0 bridgehead atoms. The van der Waals surface area contributed by atoms with E-state index in [2.05, 4.69) is 61.4 Å². The molecule has 1 aromatic heterocycles. The third-order valence-corrected chi connectivity index (χ3v) is 4.29. The molecule has 0 saturated carbocycles. The summed E-state index contributed by atoms with van der Waals surface area (Å²) in [4.78, 5) is 0. The van der Waals surface area contributed by atoms with Gasteiger partial charge in [0.25, 0.3) is 0 Å². The zero-order valence-corrected chi connectivity index (χ0v) is 14.5. The molecule has 0 radical (unpaired) electrons. The Labute approximate surface area is 136 Å². The van der Waals surface area contributed by atoms with E-state index in [0.717, 1.165) is 34.0 Å². The molecule has 20 heavy (non-hydrogen) atoms. The number of benzene rings is 1. The van der Waals surface area contributed by atoms with Gasteiger partial charge in [-0.15, -0.1) is 0 Å². The zero-order valence-electron chi connectivity index (χ0n) is 11.3. The highest BCUT2D eigenvalue weighted by Gasteiger charge is 2.19. The quantitative estimate of drug-likeness (QED) is 0.574. The molecule has 1 unspecified atom stereocenters. The van der Waals surface area contributed by atoms with E-state index in [9.17, 15) is 0 Å². The minimum absolute atomic E-state index is 0.0274. The smallest absolute Gasteiger partial charge is 0.0712 e. The third kappa shape index (κ3) is 3.69. The van der Waals surface area contributed by atoms with Crippen LogP contribution in [0.15, 0.2) is 39.4 Å². The summed E-state index contributed by atoms with van der Waals surface area (Å²) < 4.78 is 4.08. The Morgan fingerprint density at radius 2 is 2.00 bits per heavy atom. The van der Waals surface area contributed by atoms with Crippen molar-refractivity contribution in [2.24, 2.45) is 5.84 Å². The van der Waals surface area contributed by atoms with E-state index < -0.39 is 0 Å². The summed E-state index contributed by atoms with van der Waals surface area (Å²) in [5.41, 5.74) is 5.23. The van der Waals surface area contributed by atoms with E-state index in [-0.39, 0.29) is 6.04 Å². The van der Waals surface area contributed by atoms with Crippen molar-refractivity contribution in [2.45, 2.75) is 32.4 Å². The number of rotatable bonds is 6. The molecule has 0 saturated heterocycles. The van der Waals surface area contributed by atoms with E-state index in [1.165, 1.54) is 5.56 Å². The lowest BCUT2D eigenvalue weighted by atomic mass is 10.0. The van der Waals surface area contributed by atoms with Crippen LogP contribution in [-0.2, 0) is 13.0 Å². The Morgan fingerprint density at radius 3 is 2.60 bits per heavy atom. The van der Waals surface area contributed by atoms with Crippen molar-refractivity contribution in [2.75, 3.05) is 0 Å². The molecule has 3 N–H and O–H groups in total. The summed E-state index contributed by atoms with van der Waals surface area (Å²) in [5, 5.41) is 4.40. The molecule has 108 valence electrons. The predicted octanol–water partition coefficient (Wildman–Crippen LogP) is 3.57. The van der Waals surface area contributed by atoms with Gasteiger partial charge in [0.2, 0.25) is 0 Å². The highest BCUT2D eigenvalue weighted by atomic mass is 79.9. The van der Waals surface area contributed by atoms with Crippen molar-refractivity contribution in [1.82, 2.24) is 15.2 Å². The standard InChI is InChI=1S/C14H18Br2N4/c1-2-7-20-14(12(16)9-18-20)13(19-17)8-10-3-5-11(15)6-4-10/h3-6,9,13,19H,2,7-8,17H2,1H3. The maximum Gasteiger partial charge on any atom is 0.0712 e. The first-order valence-electron chi connectivity index (χ1n) is 6.57. The van der Waals surface area contributed by atoms with Crippen LogP contribution in [0.25, 0.3) is 0 Å². The Kier molecular flexibility index (Phi) is 5.77. The lowest BCUT2D eigenvalue weighted by Crippen LogP contribution is -2.31. The molecule has 0 aliphatic heterocycles. The number of nitrogens with two attached hydrogens (primary N) is 1. The van der Waals surface area contributed by atoms with E-state index in [4.69, 9.17) is 5.84 Å². The van der Waals surface area contributed by atoms with Crippen LogP contribution >= 0.6 is 31.9 Å². The average Bonchev–Trinajstić information content (AvgIpc) is 2.80. The number of aryl methyl sites for hydroxylation is 1. The summed E-state index contributed by atoms with van der Waals surface area (Å²) in [7, 11) is 0. The summed E-state index contributed by atoms with van der Waals surface area (Å²) in [6.45, 7) is 3.03. The van der Waals surface area contributed by atoms with Crippen molar-refractivity contribution < 1.29 is 0 Å². The number of nitrogens with one attached hydrogen (secondary N) is 1. The zero-order chi connectivity index (χ0) is 14.5. The Bertz CT molecular complexity index is 551. The van der Waals surface area contributed by atoms with Crippen LogP contribution < -0.4 is 11.3 Å². The van der Waals surface area contributed by atoms with Crippen LogP contribution in [0.3, 0.4) is 0 Å². The second-order valence-corrected chi connectivity index (χ2v) is 6.42. The molecule has 1 atom stereocenters. The lowest BCUT2D eigenvalue weighted by Gasteiger charge is -2.18. The van der Waals surface area contributed by atoms with Gasteiger partial charge in [0.1, 0.15) is 0 Å². The van der Waals surface area contributed by atoms with Crippen molar-refractivity contribution in [1.29, 1.82) is 0 Å². The Balaban J connectivity index is 2.23. The highest BCUT2D eigenvalue weighted by Crippen LogP contribution is 2.26. The molecule has 0 amide bonds. The summed E-state index contributed by atoms with van der Waals surface area (Å²) >= 11 is 7.02. The maximum absolute atomic E-state index is 5.75. The van der Waals surface area contributed by atoms with Gasteiger partial charge in [-0.25, -0.2) is 0 Å². The number of hydrogen-bond donors (Lipinski definition) is 2. The van der Waals surface area contributed by atoms with Gasteiger partial charge in [-0.2, -0.15) is 5.10 Å². The number of halogens is 2. The first-order valence-corrected chi connectivity index (χ1v) is 8.16. The molecule has 0 aliphatic carbocycles. The van der Waals surface area contributed by atoms with Crippen LogP contribution in [0.4, 0.5) is 0 Å². The van der Waals surface area contributed by atoms with Crippen molar-refractivity contribution in [3.8, 4) is 0 Å². The molecule has 0 spiro atoms. The van der Waals surface area contributed by atoms with Crippen molar-refractivity contribution in [3.05, 3.63) is 50.7 Å². The summed E-state index contributed by atoms with van der Waals surface area (Å²) in [6.07, 6.45) is 3.69. The average molecular weight is 402 g/mol. The fraction of sp³-hybridized carbons (Fsp3) is 0.357. The molecule has 6 heteroatoms. The Morgan fingerprint density at radius 1 is 1.30 bits per heavy atom. The van der Waals surface area contributed by atoms with Gasteiger partial charge in [-0.05, 0) is 46.5 Å². The fourth-order valence-corrected chi connectivity index (χ4v) is 3.04. The van der Waals surface area contributed by atoms with Crippen LogP contribution in [-0.4, -0.2) is 9.78 Å².